The fraction of sp³-hybridized carbons (Fsp3) is 0.923. The lowest BCUT2D eigenvalue weighted by Gasteiger charge is -2.16. The summed E-state index contributed by atoms with van der Waals surface area (Å²) in [6.45, 7) is 3.85. The van der Waals surface area contributed by atoms with E-state index in [0.29, 0.717) is 12.8 Å². The van der Waals surface area contributed by atoms with E-state index in [0.717, 1.165) is 12.8 Å². The monoisotopic (exact) mass is 275 g/mol. The van der Waals surface area contributed by atoms with Gasteiger partial charge in [-0.1, -0.05) is 32.6 Å². The third-order valence-electron chi connectivity index (χ3n) is 3.70. The second-order valence-corrected chi connectivity index (χ2v) is 7.68. The number of unbranched alkanes of at least 4 members (excludes halogenated alkanes) is 4. The summed E-state index contributed by atoms with van der Waals surface area (Å²) in [5.41, 5.74) is 0. The molecule has 1 aliphatic heterocycles. The van der Waals surface area contributed by atoms with Crippen molar-refractivity contribution < 1.29 is 13.2 Å². The molecule has 0 aromatic heterocycles. The predicted octanol–water partition coefficient (Wildman–Crippen LogP) is 2.04. The van der Waals surface area contributed by atoms with Gasteiger partial charge >= 0.3 is 0 Å². The maximum absolute atomic E-state index is 11.7. The van der Waals surface area contributed by atoms with Crippen LogP contribution in [0.3, 0.4) is 0 Å². The maximum atomic E-state index is 11.7. The molecule has 1 aliphatic rings. The Labute approximate surface area is 110 Å². The molecule has 0 saturated carbocycles. The van der Waals surface area contributed by atoms with Crippen molar-refractivity contribution in [1.29, 1.82) is 0 Å². The van der Waals surface area contributed by atoms with Crippen molar-refractivity contribution in [2.45, 2.75) is 70.1 Å². The minimum absolute atomic E-state index is 0.000415. The summed E-state index contributed by atoms with van der Waals surface area (Å²) >= 11 is 0. The van der Waals surface area contributed by atoms with E-state index >= 15 is 0 Å². The third kappa shape index (κ3) is 4.59. The van der Waals surface area contributed by atoms with Gasteiger partial charge in [0, 0.05) is 12.5 Å². The molecule has 1 amide bonds. The largest absolute Gasteiger partial charge is 0.352 e. The smallest absolute Gasteiger partial charge is 0.220 e. The average molecular weight is 275 g/mol. The molecule has 4 nitrogen and oxygen atoms in total. The molecule has 106 valence electrons. The molecule has 1 heterocycles. The highest BCUT2D eigenvalue weighted by Crippen LogP contribution is 2.20. The van der Waals surface area contributed by atoms with E-state index in [4.69, 9.17) is 0 Å². The van der Waals surface area contributed by atoms with Crippen LogP contribution in [0.5, 0.6) is 0 Å². The van der Waals surface area contributed by atoms with E-state index in [-0.39, 0.29) is 17.7 Å². The van der Waals surface area contributed by atoms with E-state index in [9.17, 15) is 13.2 Å². The summed E-state index contributed by atoms with van der Waals surface area (Å²) in [7, 11) is -2.97. The van der Waals surface area contributed by atoms with Crippen LogP contribution in [0.4, 0.5) is 0 Å². The van der Waals surface area contributed by atoms with Gasteiger partial charge in [0.15, 0.2) is 9.84 Å². The molecule has 2 atom stereocenters. The Balaban J connectivity index is 2.21. The van der Waals surface area contributed by atoms with Crippen LogP contribution in [0.25, 0.3) is 0 Å². The summed E-state index contributed by atoms with van der Waals surface area (Å²) in [6.07, 6.45) is 6.67. The number of amides is 1. The average Bonchev–Trinajstić information content (AvgIpc) is 2.56. The molecule has 1 fully saturated rings. The first-order chi connectivity index (χ1) is 8.47. The lowest BCUT2D eigenvalue weighted by atomic mass is 10.1. The maximum Gasteiger partial charge on any atom is 0.220 e. The molecule has 0 radical (unpaired) electrons. The van der Waals surface area contributed by atoms with Crippen molar-refractivity contribution in [3.8, 4) is 0 Å². The van der Waals surface area contributed by atoms with Gasteiger partial charge in [-0.2, -0.15) is 0 Å². The lowest BCUT2D eigenvalue weighted by Crippen LogP contribution is -2.40. The minimum atomic E-state index is -2.97. The molecule has 1 saturated heterocycles. The molecule has 5 heteroatoms. The molecule has 1 rings (SSSR count). The zero-order chi connectivity index (χ0) is 13.6. The SMILES string of the molecule is CCCCCCCC(=O)N[C@H]1CCS(=O)(=O)[C@H]1C. The van der Waals surface area contributed by atoms with Crippen LogP contribution in [0, 0.1) is 0 Å². The number of hydrogen-bond donors (Lipinski definition) is 1. The van der Waals surface area contributed by atoms with Crippen molar-refractivity contribution in [2.75, 3.05) is 5.75 Å². The fourth-order valence-electron chi connectivity index (χ4n) is 2.32. The van der Waals surface area contributed by atoms with Gasteiger partial charge in [-0.3, -0.25) is 4.79 Å². The summed E-state index contributed by atoms with van der Waals surface area (Å²) in [6, 6.07) is -0.182. The molecule has 0 aromatic carbocycles. The minimum Gasteiger partial charge on any atom is -0.352 e. The normalized spacial score (nSPS) is 26.1. The molecular formula is C13H25NO3S. The van der Waals surface area contributed by atoms with Crippen LogP contribution in [-0.4, -0.2) is 31.4 Å². The third-order valence-corrected chi connectivity index (χ3v) is 5.97. The second-order valence-electron chi connectivity index (χ2n) is 5.20. The highest BCUT2D eigenvalue weighted by atomic mass is 32.2. The summed E-state index contributed by atoms with van der Waals surface area (Å²) in [5.74, 6) is 0.204. The fourth-order valence-corrected chi connectivity index (χ4v) is 3.98. The van der Waals surface area contributed by atoms with Gasteiger partial charge in [-0.25, -0.2) is 8.42 Å². The van der Waals surface area contributed by atoms with E-state index in [1.54, 1.807) is 6.92 Å². The van der Waals surface area contributed by atoms with Crippen molar-refractivity contribution in [2.24, 2.45) is 0 Å². The van der Waals surface area contributed by atoms with Crippen LogP contribution in [0.1, 0.15) is 58.8 Å². The quantitative estimate of drug-likeness (QED) is 0.723. The molecule has 0 bridgehead atoms. The van der Waals surface area contributed by atoms with E-state index in [2.05, 4.69) is 12.2 Å². The number of rotatable bonds is 7. The van der Waals surface area contributed by atoms with Gasteiger partial charge in [0.2, 0.25) is 5.91 Å². The topological polar surface area (TPSA) is 63.2 Å². The molecule has 18 heavy (non-hydrogen) atoms. The van der Waals surface area contributed by atoms with E-state index in [1.807, 2.05) is 0 Å². The van der Waals surface area contributed by atoms with Crippen molar-refractivity contribution in [3.05, 3.63) is 0 Å². The van der Waals surface area contributed by atoms with Crippen LogP contribution in [-0.2, 0) is 14.6 Å². The first kappa shape index (κ1) is 15.5. The first-order valence-corrected chi connectivity index (χ1v) is 8.70. The molecule has 0 spiro atoms. The van der Waals surface area contributed by atoms with E-state index < -0.39 is 15.1 Å². The molecular weight excluding hydrogens is 250 g/mol. The first-order valence-electron chi connectivity index (χ1n) is 6.98. The van der Waals surface area contributed by atoms with Crippen LogP contribution in [0.2, 0.25) is 0 Å². The molecule has 1 N–H and O–H groups in total. The lowest BCUT2D eigenvalue weighted by molar-refractivity contribution is -0.121. The Morgan fingerprint density at radius 2 is 1.89 bits per heavy atom. The van der Waals surface area contributed by atoms with Crippen LogP contribution in [0.15, 0.2) is 0 Å². The van der Waals surface area contributed by atoms with Gasteiger partial charge in [0.1, 0.15) is 0 Å². The van der Waals surface area contributed by atoms with Crippen molar-refractivity contribution in [1.82, 2.24) is 5.32 Å². The Kier molecular flexibility index (Phi) is 6.12. The number of carbonyl (C=O) groups is 1. The van der Waals surface area contributed by atoms with Gasteiger partial charge in [0.25, 0.3) is 0 Å². The number of sulfone groups is 1. The Hall–Kier alpha value is -0.580. The van der Waals surface area contributed by atoms with Gasteiger partial charge in [0.05, 0.1) is 11.0 Å². The van der Waals surface area contributed by atoms with Crippen LogP contribution < -0.4 is 5.32 Å². The summed E-state index contributed by atoms with van der Waals surface area (Å²) in [4.78, 5) is 11.7. The Morgan fingerprint density at radius 1 is 1.22 bits per heavy atom. The highest BCUT2D eigenvalue weighted by Gasteiger charge is 2.37. The summed E-state index contributed by atoms with van der Waals surface area (Å²) in [5, 5.41) is 2.43. The van der Waals surface area contributed by atoms with Crippen LogP contribution >= 0.6 is 0 Å². The molecule has 0 aliphatic carbocycles. The number of carbonyl (C=O) groups excluding carboxylic acids is 1. The zero-order valence-corrected chi connectivity index (χ0v) is 12.3. The second kappa shape index (κ2) is 7.12. The van der Waals surface area contributed by atoms with Gasteiger partial charge in [-0.15, -0.1) is 0 Å². The highest BCUT2D eigenvalue weighted by molar-refractivity contribution is 7.92. The van der Waals surface area contributed by atoms with Gasteiger partial charge < -0.3 is 5.32 Å². The number of nitrogens with one attached hydrogen (secondary N) is 1. The molecule has 0 unspecified atom stereocenters. The number of hydrogen-bond acceptors (Lipinski definition) is 3. The zero-order valence-electron chi connectivity index (χ0n) is 11.4. The van der Waals surface area contributed by atoms with Crippen molar-refractivity contribution in [3.63, 3.8) is 0 Å². The standard InChI is InChI=1S/C13H25NO3S/c1-3-4-5-6-7-8-13(15)14-12-9-10-18(16,17)11(12)2/h11-12H,3-10H2,1-2H3,(H,14,15)/t11-,12-/m0/s1. The summed E-state index contributed by atoms with van der Waals surface area (Å²) < 4.78 is 23.1. The Bertz CT molecular complexity index is 364. The van der Waals surface area contributed by atoms with E-state index in [1.165, 1.54) is 19.3 Å². The Morgan fingerprint density at radius 3 is 2.44 bits per heavy atom. The van der Waals surface area contributed by atoms with Gasteiger partial charge in [-0.05, 0) is 19.8 Å². The van der Waals surface area contributed by atoms with Crippen molar-refractivity contribution >= 4 is 15.7 Å². The predicted molar refractivity (Wildman–Crippen MR) is 73.2 cm³/mol. The molecule has 0 aromatic rings.